The lowest BCUT2D eigenvalue weighted by Gasteiger charge is -2.26. The van der Waals surface area contributed by atoms with E-state index in [-0.39, 0.29) is 0 Å². The highest BCUT2D eigenvalue weighted by Gasteiger charge is 2.19. The summed E-state index contributed by atoms with van der Waals surface area (Å²) in [5.74, 6) is 0. The molecule has 0 N–H and O–H groups in total. The second kappa shape index (κ2) is 9.59. The first-order valence-corrected chi connectivity index (χ1v) is 15.4. The van der Waals surface area contributed by atoms with E-state index >= 15 is 0 Å². The maximum Gasteiger partial charge on any atom is 0.0554 e. The molecule has 3 heteroatoms. The van der Waals surface area contributed by atoms with Gasteiger partial charge in [0.1, 0.15) is 0 Å². The quantitative estimate of drug-likeness (QED) is 0.206. The molecule has 0 aliphatic carbocycles. The molecule has 2 aromatic heterocycles. The Morgan fingerprint density at radius 2 is 1.14 bits per heavy atom. The molecule has 0 fully saturated rings. The van der Waals surface area contributed by atoms with E-state index in [9.17, 15) is 0 Å². The third kappa shape index (κ3) is 3.79. The van der Waals surface area contributed by atoms with Gasteiger partial charge in [-0.1, -0.05) is 97.1 Å². The van der Waals surface area contributed by atoms with Crippen molar-refractivity contribution in [1.29, 1.82) is 0 Å². The Morgan fingerprint density at radius 3 is 1.93 bits per heavy atom. The van der Waals surface area contributed by atoms with Crippen LogP contribution in [-0.4, -0.2) is 4.57 Å². The van der Waals surface area contributed by atoms with Crippen molar-refractivity contribution in [3.05, 3.63) is 158 Å². The molecule has 7 aromatic carbocycles. The van der Waals surface area contributed by atoms with Gasteiger partial charge >= 0.3 is 0 Å². The lowest BCUT2D eigenvalue weighted by Crippen LogP contribution is -2.10. The van der Waals surface area contributed by atoms with Gasteiger partial charge in [0, 0.05) is 48.0 Å². The average Bonchev–Trinajstić information content (AvgIpc) is 3.61. The summed E-state index contributed by atoms with van der Waals surface area (Å²) < 4.78 is 4.97. The second-order valence-corrected chi connectivity index (χ2v) is 12.1. The van der Waals surface area contributed by atoms with Crippen molar-refractivity contribution in [2.45, 2.75) is 0 Å². The van der Waals surface area contributed by atoms with Crippen LogP contribution in [0.1, 0.15) is 0 Å². The fourth-order valence-corrected chi connectivity index (χ4v) is 7.80. The predicted molar refractivity (Wildman–Crippen MR) is 186 cm³/mol. The lowest BCUT2D eigenvalue weighted by molar-refractivity contribution is 1.19. The van der Waals surface area contributed by atoms with E-state index in [1.165, 1.54) is 64.1 Å². The standard InChI is InChI=1S/C40H26N2S/c1-2-13-29(14-3-1)41(30-22-21-27-11-4-5-12-28(27)25-30)37-19-10-20-38-40(37)34-24-23-31(26-39(34)43-38)42-35-17-8-6-15-32(35)33-16-7-9-18-36(33)42/h1-26H. The minimum Gasteiger partial charge on any atom is -0.310 e. The number of nitrogens with zero attached hydrogens (tertiary/aromatic N) is 2. The summed E-state index contributed by atoms with van der Waals surface area (Å²) in [4.78, 5) is 2.40. The van der Waals surface area contributed by atoms with Gasteiger partial charge in [-0.3, -0.25) is 0 Å². The van der Waals surface area contributed by atoms with Gasteiger partial charge in [0.15, 0.2) is 0 Å². The molecule has 2 nitrogen and oxygen atoms in total. The van der Waals surface area contributed by atoms with Crippen LogP contribution in [0, 0.1) is 0 Å². The summed E-state index contributed by atoms with van der Waals surface area (Å²) in [6.07, 6.45) is 0. The number of aromatic nitrogens is 1. The monoisotopic (exact) mass is 566 g/mol. The van der Waals surface area contributed by atoms with E-state index in [1.54, 1.807) is 0 Å². The zero-order valence-electron chi connectivity index (χ0n) is 23.3. The van der Waals surface area contributed by atoms with Crippen LogP contribution in [0.4, 0.5) is 17.1 Å². The number of anilines is 3. The SMILES string of the molecule is c1ccc(N(c2ccc3ccccc3c2)c2cccc3sc4cc(-n5c6ccccc6c6ccccc65)ccc4c23)cc1. The first-order valence-electron chi connectivity index (χ1n) is 14.6. The third-order valence-corrected chi connectivity index (χ3v) is 9.66. The first-order chi connectivity index (χ1) is 21.3. The van der Waals surface area contributed by atoms with Gasteiger partial charge in [-0.15, -0.1) is 11.3 Å². The van der Waals surface area contributed by atoms with Gasteiger partial charge in [-0.2, -0.15) is 0 Å². The summed E-state index contributed by atoms with van der Waals surface area (Å²) in [7, 11) is 0. The minimum atomic E-state index is 1.14. The number of rotatable bonds is 4. The molecule has 9 aromatic rings. The van der Waals surface area contributed by atoms with Gasteiger partial charge in [0.25, 0.3) is 0 Å². The molecule has 0 aliphatic heterocycles. The van der Waals surface area contributed by atoms with Gasteiger partial charge in [-0.25, -0.2) is 0 Å². The number of benzene rings is 7. The number of hydrogen-bond donors (Lipinski definition) is 0. The average molecular weight is 567 g/mol. The fourth-order valence-electron chi connectivity index (χ4n) is 6.64. The van der Waals surface area contributed by atoms with Crippen molar-refractivity contribution >= 4 is 81.1 Å². The van der Waals surface area contributed by atoms with Gasteiger partial charge in [0.2, 0.25) is 0 Å². The van der Waals surface area contributed by atoms with Crippen LogP contribution < -0.4 is 4.90 Å². The van der Waals surface area contributed by atoms with E-state index < -0.39 is 0 Å². The van der Waals surface area contributed by atoms with E-state index in [1.807, 2.05) is 11.3 Å². The third-order valence-electron chi connectivity index (χ3n) is 8.54. The normalized spacial score (nSPS) is 11.7. The maximum atomic E-state index is 2.40. The first kappa shape index (κ1) is 24.2. The van der Waals surface area contributed by atoms with E-state index in [0.717, 1.165) is 11.4 Å². The summed E-state index contributed by atoms with van der Waals surface area (Å²) in [6.45, 7) is 0. The Kier molecular flexibility index (Phi) is 5.40. The minimum absolute atomic E-state index is 1.14. The second-order valence-electron chi connectivity index (χ2n) is 11.0. The van der Waals surface area contributed by atoms with E-state index in [4.69, 9.17) is 0 Å². The van der Waals surface area contributed by atoms with Gasteiger partial charge in [0.05, 0.1) is 16.7 Å². The molecule has 2 heterocycles. The molecule has 9 rings (SSSR count). The van der Waals surface area contributed by atoms with Crippen LogP contribution in [0.25, 0.3) is 58.4 Å². The number of hydrogen-bond acceptors (Lipinski definition) is 2. The van der Waals surface area contributed by atoms with Crippen LogP contribution in [0.15, 0.2) is 158 Å². The van der Waals surface area contributed by atoms with E-state index in [2.05, 4.69) is 167 Å². The highest BCUT2D eigenvalue weighted by Crippen LogP contribution is 2.46. The van der Waals surface area contributed by atoms with Crippen molar-refractivity contribution in [1.82, 2.24) is 4.57 Å². The van der Waals surface area contributed by atoms with Crippen molar-refractivity contribution in [3.8, 4) is 5.69 Å². The maximum absolute atomic E-state index is 2.40. The smallest absolute Gasteiger partial charge is 0.0554 e. The molecule has 0 amide bonds. The zero-order chi connectivity index (χ0) is 28.3. The Labute approximate surface area is 253 Å². The number of fused-ring (bicyclic) bond motifs is 7. The zero-order valence-corrected chi connectivity index (χ0v) is 24.1. The van der Waals surface area contributed by atoms with Crippen molar-refractivity contribution in [2.75, 3.05) is 4.90 Å². The Morgan fingerprint density at radius 1 is 0.442 bits per heavy atom. The summed E-state index contributed by atoms with van der Waals surface area (Å²) in [5.41, 5.74) is 7.14. The van der Waals surface area contributed by atoms with Crippen molar-refractivity contribution in [3.63, 3.8) is 0 Å². The van der Waals surface area contributed by atoms with Crippen LogP contribution in [0.3, 0.4) is 0 Å². The highest BCUT2D eigenvalue weighted by molar-refractivity contribution is 7.26. The molecule has 0 bridgehead atoms. The molecule has 0 saturated carbocycles. The summed E-state index contributed by atoms with van der Waals surface area (Å²) in [5, 5.41) is 7.61. The Hall–Kier alpha value is -5.38. The Balaban J connectivity index is 1.28. The van der Waals surface area contributed by atoms with Crippen LogP contribution >= 0.6 is 11.3 Å². The summed E-state index contributed by atoms with van der Waals surface area (Å²) >= 11 is 1.87. The molecule has 0 unspecified atom stereocenters. The summed E-state index contributed by atoms with van der Waals surface area (Å²) in [6, 6.07) is 57.2. The van der Waals surface area contributed by atoms with Crippen LogP contribution in [0.2, 0.25) is 0 Å². The molecular formula is C40H26N2S. The molecule has 0 saturated heterocycles. The molecular weight excluding hydrogens is 541 g/mol. The van der Waals surface area contributed by atoms with Crippen LogP contribution in [0.5, 0.6) is 0 Å². The molecule has 0 spiro atoms. The topological polar surface area (TPSA) is 8.17 Å². The van der Waals surface area contributed by atoms with E-state index in [0.29, 0.717) is 0 Å². The Bertz CT molecular complexity index is 2410. The van der Waals surface area contributed by atoms with Gasteiger partial charge < -0.3 is 9.47 Å². The number of para-hydroxylation sites is 3. The molecule has 0 radical (unpaired) electrons. The highest BCUT2D eigenvalue weighted by atomic mass is 32.1. The van der Waals surface area contributed by atoms with Crippen LogP contribution in [-0.2, 0) is 0 Å². The molecule has 43 heavy (non-hydrogen) atoms. The van der Waals surface area contributed by atoms with Crippen molar-refractivity contribution < 1.29 is 0 Å². The number of thiophene rings is 1. The van der Waals surface area contributed by atoms with Crippen molar-refractivity contribution in [2.24, 2.45) is 0 Å². The van der Waals surface area contributed by atoms with Gasteiger partial charge in [-0.05, 0) is 71.4 Å². The lowest BCUT2D eigenvalue weighted by atomic mass is 10.1. The molecule has 0 atom stereocenters. The fraction of sp³-hybridized carbons (Fsp3) is 0. The molecule has 202 valence electrons. The molecule has 0 aliphatic rings. The largest absolute Gasteiger partial charge is 0.310 e. The predicted octanol–water partition coefficient (Wildman–Crippen LogP) is 11.8.